The van der Waals surface area contributed by atoms with Crippen LogP contribution in [0.2, 0.25) is 0 Å². The van der Waals surface area contributed by atoms with E-state index < -0.39 is 8.25 Å². The molecule has 0 aromatic rings. The van der Waals surface area contributed by atoms with Gasteiger partial charge in [0.2, 0.25) is 0 Å². The van der Waals surface area contributed by atoms with Crippen molar-refractivity contribution < 1.29 is 117 Å². The Morgan fingerprint density at radius 1 is 0.833 bits per heavy atom. The Morgan fingerprint density at radius 3 is 1.61 bits per heavy atom. The van der Waals surface area contributed by atoms with Crippen molar-refractivity contribution in [1.82, 2.24) is 0 Å². The van der Waals surface area contributed by atoms with Gasteiger partial charge in [0.15, 0.2) is 0 Å². The van der Waals surface area contributed by atoms with Crippen molar-refractivity contribution in [2.45, 2.75) is 71.1 Å². The molecule has 0 bridgehead atoms. The Bertz CT molecular complexity index is 171. The van der Waals surface area contributed by atoms with Crippen molar-refractivity contribution in [2.24, 2.45) is 0 Å². The van der Waals surface area contributed by atoms with Crippen LogP contribution in [0.1, 0.15) is 71.1 Å². The summed E-state index contributed by atoms with van der Waals surface area (Å²) in [5.41, 5.74) is 0. The third kappa shape index (κ3) is 24.3. The summed E-state index contributed by atoms with van der Waals surface area (Å²) in [5.74, 6) is 0. The molecule has 0 aliphatic rings. The standard InChI is InChI=1S/C12H25O3P.2K/c1-2-3-4-5-6-7-8-9-10-11-12-15-16(13)14;;/h2-12H2,1H3;;/q;2*+1. The molecule has 3 nitrogen and oxygen atoms in total. The van der Waals surface area contributed by atoms with Crippen LogP contribution in [0.15, 0.2) is 0 Å². The van der Waals surface area contributed by atoms with Crippen LogP contribution in [0.3, 0.4) is 0 Å². The van der Waals surface area contributed by atoms with Gasteiger partial charge in [0.1, 0.15) is 6.61 Å². The van der Waals surface area contributed by atoms with Gasteiger partial charge in [-0.15, -0.1) is 4.52 Å². The van der Waals surface area contributed by atoms with Gasteiger partial charge in [0, 0.05) is 0 Å². The minimum absolute atomic E-state index is 0. The van der Waals surface area contributed by atoms with Gasteiger partial charge in [-0.25, -0.2) is 0 Å². The smallest absolute Gasteiger partial charge is 0.566 e. The molecule has 0 amide bonds. The summed E-state index contributed by atoms with van der Waals surface area (Å²) >= 11 is 0. The normalized spacial score (nSPS) is 10.4. The Balaban J connectivity index is -0.00000112. The van der Waals surface area contributed by atoms with Gasteiger partial charge in [-0.3, -0.25) is 0 Å². The Kier molecular flexibility index (Phi) is 32.9. The minimum Gasteiger partial charge on any atom is -0.566 e. The Labute approximate surface area is 198 Å². The molecule has 1 atom stereocenters. The summed E-state index contributed by atoms with van der Waals surface area (Å²) < 4.78 is 14.5. The molecular weight excluding hydrogens is 301 g/mol. The zero-order valence-corrected chi connectivity index (χ0v) is 19.6. The largest absolute Gasteiger partial charge is 1.00 e. The average molecular weight is 326 g/mol. The van der Waals surface area contributed by atoms with E-state index >= 15 is 0 Å². The molecule has 0 aliphatic heterocycles. The molecule has 18 heavy (non-hydrogen) atoms. The van der Waals surface area contributed by atoms with Crippen LogP contribution >= 0.6 is 8.25 Å². The van der Waals surface area contributed by atoms with Crippen molar-refractivity contribution in [2.75, 3.05) is 6.61 Å². The predicted octanol–water partition coefficient (Wildman–Crippen LogP) is -2.05. The van der Waals surface area contributed by atoms with Crippen LogP contribution < -0.4 is 108 Å². The third-order valence-electron chi connectivity index (χ3n) is 2.69. The molecule has 0 spiro atoms. The SMILES string of the molecule is CCCCCCCCCCCCO[P+](=O)[O-].[K+].[K+]. The summed E-state index contributed by atoms with van der Waals surface area (Å²) in [6.07, 6.45) is 12.5. The Hall–Kier alpha value is 3.29. The third-order valence-corrected chi connectivity index (χ3v) is 3.09. The number of unbranched alkanes of at least 4 members (excludes halogenated alkanes) is 9. The fourth-order valence-corrected chi connectivity index (χ4v) is 2.01. The van der Waals surface area contributed by atoms with E-state index in [0.29, 0.717) is 6.61 Å². The monoisotopic (exact) mass is 326 g/mol. The molecule has 0 N–H and O–H groups in total. The van der Waals surface area contributed by atoms with Crippen molar-refractivity contribution >= 4 is 8.25 Å². The number of hydrogen-bond acceptors (Lipinski definition) is 3. The maximum atomic E-state index is 10.1. The van der Waals surface area contributed by atoms with Crippen LogP contribution in [0.25, 0.3) is 0 Å². The molecule has 0 saturated carbocycles. The molecule has 6 heteroatoms. The molecule has 96 valence electrons. The second-order valence-electron chi connectivity index (χ2n) is 4.24. The number of hydrogen-bond donors (Lipinski definition) is 0. The second kappa shape index (κ2) is 22.6. The van der Waals surface area contributed by atoms with E-state index in [2.05, 4.69) is 11.4 Å². The minimum atomic E-state index is -2.64. The summed E-state index contributed by atoms with van der Waals surface area (Å²) in [7, 11) is -2.64. The van der Waals surface area contributed by atoms with Gasteiger partial charge in [0.05, 0.1) is 0 Å². The van der Waals surface area contributed by atoms with Crippen LogP contribution in [-0.4, -0.2) is 6.61 Å². The molecule has 0 fully saturated rings. The fraction of sp³-hybridized carbons (Fsp3) is 1.00. The molecule has 0 aromatic carbocycles. The van der Waals surface area contributed by atoms with E-state index in [1.54, 1.807) is 0 Å². The van der Waals surface area contributed by atoms with Crippen molar-refractivity contribution in [3.8, 4) is 0 Å². The van der Waals surface area contributed by atoms with Gasteiger partial charge < -0.3 is 4.89 Å². The maximum Gasteiger partial charge on any atom is 1.00 e. The van der Waals surface area contributed by atoms with Gasteiger partial charge in [-0.1, -0.05) is 64.7 Å². The van der Waals surface area contributed by atoms with Crippen molar-refractivity contribution in [1.29, 1.82) is 0 Å². The molecule has 0 aliphatic carbocycles. The topological polar surface area (TPSA) is 49.4 Å². The molecular formula is C12H25K2O3P+2. The second-order valence-corrected chi connectivity index (χ2v) is 4.94. The first-order valence-electron chi connectivity index (χ1n) is 6.54. The molecule has 1 unspecified atom stereocenters. The quantitative estimate of drug-likeness (QED) is 0.236. The maximum absolute atomic E-state index is 10.1. The van der Waals surface area contributed by atoms with E-state index in [4.69, 9.17) is 0 Å². The Morgan fingerprint density at radius 2 is 1.22 bits per heavy atom. The molecule has 0 saturated heterocycles. The molecule has 0 heterocycles. The fourth-order valence-electron chi connectivity index (χ4n) is 1.73. The molecule has 0 rings (SSSR count). The summed E-state index contributed by atoms with van der Waals surface area (Å²) in [5, 5.41) is 0. The van der Waals surface area contributed by atoms with E-state index in [1.807, 2.05) is 0 Å². The van der Waals surface area contributed by atoms with E-state index in [9.17, 15) is 9.46 Å². The number of rotatable bonds is 12. The van der Waals surface area contributed by atoms with Crippen LogP contribution in [0, 0.1) is 0 Å². The average Bonchev–Trinajstić information content (AvgIpc) is 2.25. The van der Waals surface area contributed by atoms with Crippen LogP contribution in [0.4, 0.5) is 0 Å². The zero-order chi connectivity index (χ0) is 12.1. The summed E-state index contributed by atoms with van der Waals surface area (Å²) in [4.78, 5) is 10.1. The first kappa shape index (κ1) is 26.2. The van der Waals surface area contributed by atoms with E-state index in [-0.39, 0.29) is 103 Å². The molecule has 0 radical (unpaired) electrons. The molecule has 0 aromatic heterocycles. The van der Waals surface area contributed by atoms with Gasteiger partial charge >= 0.3 is 111 Å². The van der Waals surface area contributed by atoms with Crippen LogP contribution in [0.5, 0.6) is 0 Å². The first-order valence-corrected chi connectivity index (χ1v) is 7.64. The van der Waals surface area contributed by atoms with Crippen molar-refractivity contribution in [3.05, 3.63) is 0 Å². The first-order chi connectivity index (χ1) is 7.77. The summed E-state index contributed by atoms with van der Waals surface area (Å²) in [6.45, 7) is 2.59. The van der Waals surface area contributed by atoms with Gasteiger partial charge in [-0.05, 0) is 11.0 Å². The van der Waals surface area contributed by atoms with Crippen molar-refractivity contribution in [3.63, 3.8) is 0 Å². The van der Waals surface area contributed by atoms with Gasteiger partial charge in [-0.2, -0.15) is 0 Å². The van der Waals surface area contributed by atoms with Crippen LogP contribution in [-0.2, 0) is 9.09 Å². The van der Waals surface area contributed by atoms with Gasteiger partial charge in [0.25, 0.3) is 0 Å². The van der Waals surface area contributed by atoms with E-state index in [1.165, 1.54) is 51.4 Å². The van der Waals surface area contributed by atoms with E-state index in [0.717, 1.165) is 12.8 Å². The zero-order valence-electron chi connectivity index (χ0n) is 12.5. The predicted molar refractivity (Wildman–Crippen MR) is 65.4 cm³/mol. The summed E-state index contributed by atoms with van der Waals surface area (Å²) in [6, 6.07) is 0.